The van der Waals surface area contributed by atoms with Crippen molar-refractivity contribution in [3.63, 3.8) is 0 Å². The van der Waals surface area contributed by atoms with Gasteiger partial charge >= 0.3 is 5.97 Å². The lowest BCUT2D eigenvalue weighted by Gasteiger charge is -2.08. The Hall–Kier alpha value is -2.74. The zero-order chi connectivity index (χ0) is 19.7. The Bertz CT molecular complexity index is 1090. The minimum absolute atomic E-state index is 0.00581. The molecule has 0 bridgehead atoms. The molecule has 0 saturated carbocycles. The molecule has 0 radical (unpaired) electrons. The molecule has 0 N–H and O–H groups in total. The van der Waals surface area contributed by atoms with E-state index >= 15 is 0 Å². The summed E-state index contributed by atoms with van der Waals surface area (Å²) in [7, 11) is 1.34. The summed E-state index contributed by atoms with van der Waals surface area (Å²) in [5.74, 6) is -0.779. The molecule has 0 fully saturated rings. The summed E-state index contributed by atoms with van der Waals surface area (Å²) in [5.41, 5.74) is 3.13. The minimum atomic E-state index is -0.396. The Balaban J connectivity index is 2.16. The van der Waals surface area contributed by atoms with Crippen LogP contribution in [0.15, 0.2) is 29.3 Å². The predicted molar refractivity (Wildman–Crippen MR) is 104 cm³/mol. The van der Waals surface area contributed by atoms with Crippen LogP contribution in [0.1, 0.15) is 41.6 Å². The van der Waals surface area contributed by atoms with Crippen LogP contribution in [0.5, 0.6) is 0 Å². The number of carbonyl (C=O) groups excluding carboxylic acids is 2. The van der Waals surface area contributed by atoms with Gasteiger partial charge in [0.15, 0.2) is 4.80 Å². The van der Waals surface area contributed by atoms with Gasteiger partial charge in [-0.05, 0) is 51.5 Å². The summed E-state index contributed by atoms with van der Waals surface area (Å²) < 4.78 is 9.14. The van der Waals surface area contributed by atoms with Crippen LogP contribution >= 0.6 is 11.3 Å². The standard InChI is InChI=1S/C19H22N4O3S/c1-11(2)23-15(9-13(4)21-23)18(25)20-19-22(10-17(24)26-5)14-7-6-12(3)8-16(14)27-19/h6-9,11H,10H2,1-5H3. The highest BCUT2D eigenvalue weighted by Crippen LogP contribution is 2.19. The molecule has 0 unspecified atom stereocenters. The summed E-state index contributed by atoms with van der Waals surface area (Å²) in [5, 5.41) is 4.37. The average molecular weight is 386 g/mol. The first-order chi connectivity index (χ1) is 12.8. The highest BCUT2D eigenvalue weighted by atomic mass is 32.1. The summed E-state index contributed by atoms with van der Waals surface area (Å²) in [4.78, 5) is 29.5. The maximum absolute atomic E-state index is 12.9. The number of aromatic nitrogens is 3. The third-order valence-corrected chi connectivity index (χ3v) is 5.16. The van der Waals surface area contributed by atoms with E-state index in [0.717, 1.165) is 21.5 Å². The normalized spacial score (nSPS) is 12.1. The van der Waals surface area contributed by atoms with Gasteiger partial charge in [0, 0.05) is 6.04 Å². The molecular weight excluding hydrogens is 364 g/mol. The van der Waals surface area contributed by atoms with Crippen LogP contribution in [-0.4, -0.2) is 33.3 Å². The van der Waals surface area contributed by atoms with Crippen LogP contribution in [0, 0.1) is 13.8 Å². The van der Waals surface area contributed by atoms with E-state index in [4.69, 9.17) is 4.74 Å². The highest BCUT2D eigenvalue weighted by molar-refractivity contribution is 7.16. The van der Waals surface area contributed by atoms with E-state index in [1.165, 1.54) is 18.4 Å². The number of hydrogen-bond acceptors (Lipinski definition) is 5. The lowest BCUT2D eigenvalue weighted by atomic mass is 10.2. The van der Waals surface area contributed by atoms with Crippen molar-refractivity contribution in [2.75, 3.05) is 7.11 Å². The van der Waals surface area contributed by atoms with E-state index in [1.807, 2.05) is 45.9 Å². The van der Waals surface area contributed by atoms with Crippen molar-refractivity contribution in [2.45, 2.75) is 40.3 Å². The van der Waals surface area contributed by atoms with Gasteiger partial charge in [0.25, 0.3) is 5.91 Å². The quantitative estimate of drug-likeness (QED) is 0.646. The molecule has 2 aromatic heterocycles. The zero-order valence-electron chi connectivity index (χ0n) is 16.0. The predicted octanol–water partition coefficient (Wildman–Crippen LogP) is 3.01. The maximum atomic E-state index is 12.9. The molecule has 0 aliphatic carbocycles. The van der Waals surface area contributed by atoms with Gasteiger partial charge < -0.3 is 9.30 Å². The second kappa shape index (κ2) is 7.48. The summed E-state index contributed by atoms with van der Waals surface area (Å²) in [6, 6.07) is 7.68. The summed E-state index contributed by atoms with van der Waals surface area (Å²) >= 11 is 1.37. The maximum Gasteiger partial charge on any atom is 0.325 e. The number of ether oxygens (including phenoxy) is 1. The van der Waals surface area contributed by atoms with Crippen molar-refractivity contribution in [1.29, 1.82) is 0 Å². The van der Waals surface area contributed by atoms with E-state index in [-0.39, 0.29) is 18.5 Å². The van der Waals surface area contributed by atoms with Crippen molar-refractivity contribution in [2.24, 2.45) is 4.99 Å². The monoisotopic (exact) mass is 386 g/mol. The van der Waals surface area contributed by atoms with Crippen molar-refractivity contribution in [1.82, 2.24) is 14.3 Å². The third kappa shape index (κ3) is 3.85. The van der Waals surface area contributed by atoms with E-state index < -0.39 is 5.97 Å². The molecule has 0 atom stereocenters. The molecule has 7 nitrogen and oxygen atoms in total. The number of esters is 1. The molecule has 0 spiro atoms. The minimum Gasteiger partial charge on any atom is -0.468 e. The molecule has 0 saturated heterocycles. The van der Waals surface area contributed by atoms with Gasteiger partial charge in [-0.15, -0.1) is 0 Å². The van der Waals surface area contributed by atoms with Gasteiger partial charge in [-0.25, -0.2) is 0 Å². The van der Waals surface area contributed by atoms with Gasteiger partial charge in [-0.2, -0.15) is 10.1 Å². The van der Waals surface area contributed by atoms with Gasteiger partial charge in [0.1, 0.15) is 12.2 Å². The average Bonchev–Trinajstić information content (AvgIpc) is 3.15. The van der Waals surface area contributed by atoms with Crippen molar-refractivity contribution >= 4 is 33.4 Å². The SMILES string of the molecule is COC(=O)Cn1c(=NC(=O)c2cc(C)nn2C(C)C)sc2cc(C)ccc21. The first kappa shape index (κ1) is 19.0. The van der Waals surface area contributed by atoms with Crippen molar-refractivity contribution in [3.05, 3.63) is 46.0 Å². The molecule has 142 valence electrons. The second-order valence-corrected chi connectivity index (χ2v) is 7.65. The van der Waals surface area contributed by atoms with Crippen LogP contribution in [-0.2, 0) is 16.1 Å². The fourth-order valence-corrected chi connectivity index (χ4v) is 3.95. The lowest BCUT2D eigenvalue weighted by molar-refractivity contribution is -0.141. The molecule has 1 aromatic carbocycles. The van der Waals surface area contributed by atoms with E-state index in [2.05, 4.69) is 10.1 Å². The van der Waals surface area contributed by atoms with Crippen LogP contribution in [0.25, 0.3) is 10.2 Å². The fraction of sp³-hybridized carbons (Fsp3) is 0.368. The molecule has 27 heavy (non-hydrogen) atoms. The number of thiazole rings is 1. The zero-order valence-corrected chi connectivity index (χ0v) is 16.8. The number of methoxy groups -OCH3 is 1. The molecule has 3 aromatic rings. The topological polar surface area (TPSA) is 78.5 Å². The molecule has 8 heteroatoms. The van der Waals surface area contributed by atoms with E-state index in [0.29, 0.717) is 10.5 Å². The number of nitrogens with zero attached hydrogens (tertiary/aromatic N) is 4. The largest absolute Gasteiger partial charge is 0.468 e. The fourth-order valence-electron chi connectivity index (χ4n) is 2.83. The number of amides is 1. The number of hydrogen-bond donors (Lipinski definition) is 0. The smallest absolute Gasteiger partial charge is 0.325 e. The molecule has 2 heterocycles. The van der Waals surface area contributed by atoms with Gasteiger partial charge in [-0.3, -0.25) is 14.3 Å². The second-order valence-electron chi connectivity index (χ2n) is 6.64. The molecule has 0 aliphatic heterocycles. The first-order valence-corrected chi connectivity index (χ1v) is 9.44. The van der Waals surface area contributed by atoms with E-state index in [1.54, 1.807) is 15.3 Å². The summed E-state index contributed by atoms with van der Waals surface area (Å²) in [6.45, 7) is 7.75. The van der Waals surface area contributed by atoms with Crippen molar-refractivity contribution < 1.29 is 14.3 Å². The number of fused-ring (bicyclic) bond motifs is 1. The number of aryl methyl sites for hydroxylation is 2. The van der Waals surface area contributed by atoms with Gasteiger partial charge in [0.2, 0.25) is 0 Å². The number of rotatable bonds is 4. The molecule has 3 rings (SSSR count). The first-order valence-electron chi connectivity index (χ1n) is 8.62. The van der Waals surface area contributed by atoms with E-state index in [9.17, 15) is 9.59 Å². The Morgan fingerprint density at radius 3 is 2.67 bits per heavy atom. The highest BCUT2D eigenvalue weighted by Gasteiger charge is 2.17. The number of carbonyl (C=O) groups is 2. The lowest BCUT2D eigenvalue weighted by Crippen LogP contribution is -2.23. The third-order valence-electron chi connectivity index (χ3n) is 4.12. The van der Waals surface area contributed by atoms with Gasteiger partial charge in [-0.1, -0.05) is 17.4 Å². The van der Waals surface area contributed by atoms with Gasteiger partial charge in [0.05, 0.1) is 23.0 Å². The molecular formula is C19H22N4O3S. The summed E-state index contributed by atoms with van der Waals surface area (Å²) in [6.07, 6.45) is 0. The van der Waals surface area contributed by atoms with Crippen LogP contribution < -0.4 is 4.80 Å². The van der Waals surface area contributed by atoms with Crippen LogP contribution in [0.2, 0.25) is 0 Å². The Kier molecular flexibility index (Phi) is 5.27. The van der Waals surface area contributed by atoms with Crippen molar-refractivity contribution in [3.8, 4) is 0 Å². The molecule has 0 aliphatic rings. The van der Waals surface area contributed by atoms with Crippen LogP contribution in [0.4, 0.5) is 0 Å². The Labute approximate surface area is 160 Å². The Morgan fingerprint density at radius 2 is 2.00 bits per heavy atom. The van der Waals surface area contributed by atoms with Crippen LogP contribution in [0.3, 0.4) is 0 Å². The number of benzene rings is 1. The molecule has 1 amide bonds. The Morgan fingerprint density at radius 1 is 1.26 bits per heavy atom.